The Labute approximate surface area is 82.6 Å². The van der Waals surface area contributed by atoms with Crippen molar-refractivity contribution in [2.45, 2.75) is 0 Å². The Morgan fingerprint density at radius 1 is 1.31 bits per heavy atom. The highest BCUT2D eigenvalue weighted by molar-refractivity contribution is 6.42. The highest BCUT2D eigenvalue weighted by atomic mass is 35.5. The van der Waals surface area contributed by atoms with Gasteiger partial charge >= 0.3 is 5.69 Å². The SMILES string of the molecule is Nc1c(Cl)cc2[nH]c(=O)[nH]c2c1Cl. The number of rotatable bonds is 0. The first-order valence-electron chi connectivity index (χ1n) is 3.45. The van der Waals surface area contributed by atoms with Crippen LogP contribution in [-0.4, -0.2) is 9.97 Å². The standard InChI is InChI=1S/C7H5Cl2N3O/c8-2-1-3-6(4(9)5(2)10)12-7(13)11-3/h1H,10H2,(H2,11,12,13). The number of aromatic nitrogens is 2. The molecule has 0 bridgehead atoms. The predicted molar refractivity (Wildman–Crippen MR) is 53.4 cm³/mol. The third-order valence-corrected chi connectivity index (χ3v) is 2.45. The second-order valence-electron chi connectivity index (χ2n) is 2.59. The number of hydrogen-bond acceptors (Lipinski definition) is 2. The minimum Gasteiger partial charge on any atom is -0.396 e. The van der Waals surface area contributed by atoms with Gasteiger partial charge in [0.05, 0.1) is 26.8 Å². The average Bonchev–Trinajstić information content (AvgIpc) is 2.42. The minimum absolute atomic E-state index is 0.265. The molecule has 0 saturated heterocycles. The monoisotopic (exact) mass is 217 g/mol. The first kappa shape index (κ1) is 8.47. The molecule has 0 fully saturated rings. The zero-order chi connectivity index (χ0) is 9.59. The molecule has 0 unspecified atom stereocenters. The number of nitrogen functional groups attached to an aromatic ring is 1. The van der Waals surface area contributed by atoms with Crippen LogP contribution in [0.15, 0.2) is 10.9 Å². The maximum Gasteiger partial charge on any atom is 0.323 e. The van der Waals surface area contributed by atoms with Gasteiger partial charge in [0, 0.05) is 0 Å². The highest BCUT2D eigenvalue weighted by Gasteiger charge is 2.09. The Balaban J connectivity index is 3.00. The lowest BCUT2D eigenvalue weighted by atomic mass is 10.3. The van der Waals surface area contributed by atoms with Gasteiger partial charge in [-0.3, -0.25) is 0 Å². The molecule has 0 aliphatic carbocycles. The number of fused-ring (bicyclic) bond motifs is 1. The Morgan fingerprint density at radius 3 is 2.69 bits per heavy atom. The van der Waals surface area contributed by atoms with Crippen molar-refractivity contribution in [1.29, 1.82) is 0 Å². The summed E-state index contributed by atoms with van der Waals surface area (Å²) in [6, 6.07) is 1.55. The second kappa shape index (κ2) is 2.68. The number of imidazole rings is 1. The summed E-state index contributed by atoms with van der Waals surface area (Å²) in [5.41, 5.74) is 6.52. The van der Waals surface area contributed by atoms with E-state index >= 15 is 0 Å². The zero-order valence-electron chi connectivity index (χ0n) is 6.32. The van der Waals surface area contributed by atoms with Gasteiger partial charge in [-0.1, -0.05) is 23.2 Å². The summed E-state index contributed by atoms with van der Waals surface area (Å²) in [6.45, 7) is 0. The summed E-state index contributed by atoms with van der Waals surface area (Å²) in [5, 5.41) is 0.591. The van der Waals surface area contributed by atoms with E-state index in [-0.39, 0.29) is 16.4 Å². The van der Waals surface area contributed by atoms with Crippen molar-refractivity contribution in [3.05, 3.63) is 26.6 Å². The summed E-state index contributed by atoms with van der Waals surface area (Å²) in [4.78, 5) is 16.0. The molecule has 0 atom stereocenters. The van der Waals surface area contributed by atoms with Crippen molar-refractivity contribution in [1.82, 2.24) is 9.97 Å². The maximum absolute atomic E-state index is 10.9. The topological polar surface area (TPSA) is 74.7 Å². The van der Waals surface area contributed by atoms with Crippen molar-refractivity contribution in [2.75, 3.05) is 5.73 Å². The molecule has 1 aromatic carbocycles. The van der Waals surface area contributed by atoms with Crippen LogP contribution in [-0.2, 0) is 0 Å². The van der Waals surface area contributed by atoms with E-state index in [4.69, 9.17) is 28.9 Å². The summed E-state index contributed by atoms with van der Waals surface area (Å²) in [5.74, 6) is 0. The molecular formula is C7H5Cl2N3O. The van der Waals surface area contributed by atoms with E-state index in [0.29, 0.717) is 16.1 Å². The summed E-state index contributed by atoms with van der Waals surface area (Å²) in [6.07, 6.45) is 0. The third-order valence-electron chi connectivity index (χ3n) is 1.74. The summed E-state index contributed by atoms with van der Waals surface area (Å²) in [7, 11) is 0. The van der Waals surface area contributed by atoms with E-state index in [9.17, 15) is 4.79 Å². The van der Waals surface area contributed by atoms with Crippen molar-refractivity contribution in [3.63, 3.8) is 0 Å². The van der Waals surface area contributed by atoms with Crippen LogP contribution < -0.4 is 11.4 Å². The lowest BCUT2D eigenvalue weighted by Gasteiger charge is -2.00. The molecule has 13 heavy (non-hydrogen) atoms. The quantitative estimate of drug-likeness (QED) is 0.589. The fourth-order valence-electron chi connectivity index (χ4n) is 1.12. The summed E-state index contributed by atoms with van der Waals surface area (Å²) < 4.78 is 0. The fourth-order valence-corrected chi connectivity index (χ4v) is 1.63. The molecule has 4 nitrogen and oxygen atoms in total. The van der Waals surface area contributed by atoms with E-state index in [1.165, 1.54) is 0 Å². The van der Waals surface area contributed by atoms with Crippen LogP contribution in [0.25, 0.3) is 11.0 Å². The number of benzene rings is 1. The van der Waals surface area contributed by atoms with Gasteiger partial charge in [0.25, 0.3) is 0 Å². The fraction of sp³-hybridized carbons (Fsp3) is 0. The number of nitrogens with one attached hydrogen (secondary N) is 2. The van der Waals surface area contributed by atoms with Gasteiger partial charge < -0.3 is 15.7 Å². The number of halogens is 2. The van der Waals surface area contributed by atoms with Crippen LogP contribution in [0, 0.1) is 0 Å². The van der Waals surface area contributed by atoms with E-state index in [1.54, 1.807) is 6.07 Å². The molecule has 0 aliphatic rings. The third kappa shape index (κ3) is 1.18. The molecule has 2 aromatic rings. The van der Waals surface area contributed by atoms with Gasteiger partial charge in [0.1, 0.15) is 0 Å². The molecule has 0 amide bonds. The first-order chi connectivity index (χ1) is 6.09. The number of nitrogens with two attached hydrogens (primary N) is 1. The van der Waals surface area contributed by atoms with E-state index < -0.39 is 0 Å². The maximum atomic E-state index is 10.9. The van der Waals surface area contributed by atoms with Gasteiger partial charge in [-0.25, -0.2) is 4.79 Å². The predicted octanol–water partition coefficient (Wildman–Crippen LogP) is 1.75. The Bertz CT molecular complexity index is 528. The van der Waals surface area contributed by atoms with Crippen LogP contribution in [0.3, 0.4) is 0 Å². The highest BCUT2D eigenvalue weighted by Crippen LogP contribution is 2.32. The Hall–Kier alpha value is -1.13. The van der Waals surface area contributed by atoms with Gasteiger partial charge in [0.2, 0.25) is 0 Å². The normalized spacial score (nSPS) is 10.9. The molecule has 0 radical (unpaired) electrons. The van der Waals surface area contributed by atoms with Crippen molar-refractivity contribution in [3.8, 4) is 0 Å². The van der Waals surface area contributed by atoms with Crippen molar-refractivity contribution >= 4 is 39.9 Å². The molecule has 0 spiro atoms. The Morgan fingerprint density at radius 2 is 2.00 bits per heavy atom. The van der Waals surface area contributed by atoms with Crippen LogP contribution in [0.4, 0.5) is 5.69 Å². The van der Waals surface area contributed by atoms with Gasteiger partial charge in [-0.05, 0) is 6.07 Å². The largest absolute Gasteiger partial charge is 0.396 e. The van der Waals surface area contributed by atoms with Gasteiger partial charge in [-0.2, -0.15) is 0 Å². The molecule has 2 rings (SSSR count). The van der Waals surface area contributed by atoms with E-state index in [1.807, 2.05) is 0 Å². The van der Waals surface area contributed by atoms with Crippen LogP contribution in [0.5, 0.6) is 0 Å². The lowest BCUT2D eigenvalue weighted by Crippen LogP contribution is -1.99. The minimum atomic E-state index is -0.335. The average molecular weight is 218 g/mol. The van der Waals surface area contributed by atoms with Crippen LogP contribution >= 0.6 is 23.2 Å². The van der Waals surface area contributed by atoms with Gasteiger partial charge in [0.15, 0.2) is 0 Å². The molecule has 1 heterocycles. The first-order valence-corrected chi connectivity index (χ1v) is 4.20. The molecule has 0 aliphatic heterocycles. The molecule has 6 heteroatoms. The number of hydrogen-bond donors (Lipinski definition) is 3. The molecule has 68 valence electrons. The molecule has 1 aromatic heterocycles. The smallest absolute Gasteiger partial charge is 0.323 e. The molecule has 4 N–H and O–H groups in total. The number of aromatic amines is 2. The van der Waals surface area contributed by atoms with Crippen LogP contribution in [0.1, 0.15) is 0 Å². The molecular weight excluding hydrogens is 213 g/mol. The van der Waals surface area contributed by atoms with Crippen LogP contribution in [0.2, 0.25) is 10.0 Å². The number of anilines is 1. The lowest BCUT2D eigenvalue weighted by molar-refractivity contribution is 1.22. The second-order valence-corrected chi connectivity index (χ2v) is 3.37. The summed E-state index contributed by atoms with van der Waals surface area (Å²) >= 11 is 11.6. The number of H-pyrrole nitrogens is 2. The molecule has 0 saturated carbocycles. The van der Waals surface area contributed by atoms with E-state index in [2.05, 4.69) is 9.97 Å². The Kier molecular flexibility index (Phi) is 1.75. The van der Waals surface area contributed by atoms with Crippen molar-refractivity contribution in [2.24, 2.45) is 0 Å². The van der Waals surface area contributed by atoms with E-state index in [0.717, 1.165) is 0 Å². The van der Waals surface area contributed by atoms with Gasteiger partial charge in [-0.15, -0.1) is 0 Å². The van der Waals surface area contributed by atoms with Crippen molar-refractivity contribution < 1.29 is 0 Å². The zero-order valence-corrected chi connectivity index (χ0v) is 7.83.